The maximum absolute atomic E-state index is 14.5. The van der Waals surface area contributed by atoms with Crippen molar-refractivity contribution in [3.8, 4) is 11.5 Å². The number of allylic oxidation sites excluding steroid dienone is 2. The molecule has 2 aliphatic carbocycles. The van der Waals surface area contributed by atoms with E-state index in [0.29, 0.717) is 16.9 Å². The Balaban J connectivity index is 1.20. The van der Waals surface area contributed by atoms with Crippen LogP contribution in [0.2, 0.25) is 0 Å². The lowest BCUT2D eigenvalue weighted by Crippen LogP contribution is -2.49. The second-order valence-corrected chi connectivity index (χ2v) is 13.8. The van der Waals surface area contributed by atoms with Gasteiger partial charge in [-0.1, -0.05) is 48.0 Å². The van der Waals surface area contributed by atoms with Gasteiger partial charge < -0.3 is 15.2 Å². The number of alkyl halides is 3. The number of phenols is 1. The summed E-state index contributed by atoms with van der Waals surface area (Å²) < 4.78 is 44.3. The summed E-state index contributed by atoms with van der Waals surface area (Å²) in [5, 5.41) is 14.5. The molecule has 2 heterocycles. The number of halogens is 3. The molecule has 4 aromatic carbocycles. The number of carbonyl (C=O) groups excluding carboxylic acids is 4. The molecule has 9 nitrogen and oxygen atoms in total. The standard InChI is InChI=1S/C40H32F3N3O6/c1-39-31(36(49)46(38(39)51)24-10-6-3-7-11-24)21-29-27(34(39)30-20-26(16-19-32(30)47)52-40(41,42)43)17-18-28-33(29)37(50)45(35(28)48)25-14-12-23(13-15-25)44-22-8-4-2-5-9-22/h2-17,19-20,28-29,31,33-34,44,47H,18,21H2,1H3. The van der Waals surface area contributed by atoms with Gasteiger partial charge in [-0.05, 0) is 92.4 Å². The van der Waals surface area contributed by atoms with Crippen molar-refractivity contribution < 1.29 is 42.2 Å². The van der Waals surface area contributed by atoms with Gasteiger partial charge in [-0.15, -0.1) is 13.2 Å². The van der Waals surface area contributed by atoms with Crippen LogP contribution in [-0.2, 0) is 19.2 Å². The molecule has 12 heteroatoms. The fourth-order valence-corrected chi connectivity index (χ4v) is 8.78. The lowest BCUT2D eigenvalue weighted by Gasteiger charge is -2.49. The van der Waals surface area contributed by atoms with Crippen LogP contribution in [0.4, 0.5) is 35.9 Å². The number of phenolic OH excluding ortho intramolecular Hbond substituents is 1. The molecule has 4 aromatic rings. The first-order valence-electron chi connectivity index (χ1n) is 16.9. The van der Waals surface area contributed by atoms with E-state index in [9.17, 15) is 37.5 Å². The number of nitrogens with zero attached hydrogens (tertiary/aromatic N) is 2. The molecular weight excluding hydrogens is 675 g/mol. The van der Waals surface area contributed by atoms with Crippen molar-refractivity contribution in [2.45, 2.75) is 32.0 Å². The molecule has 4 aliphatic rings. The highest BCUT2D eigenvalue weighted by molar-refractivity contribution is 6.25. The Morgan fingerprint density at radius 1 is 0.769 bits per heavy atom. The van der Waals surface area contributed by atoms with Crippen molar-refractivity contribution >= 4 is 46.4 Å². The number of aromatic hydroxyl groups is 1. The molecule has 2 aliphatic heterocycles. The molecule has 3 fully saturated rings. The van der Waals surface area contributed by atoms with E-state index in [-0.39, 0.29) is 18.4 Å². The molecular formula is C40H32F3N3O6. The molecule has 2 saturated heterocycles. The average Bonchev–Trinajstić information content (AvgIpc) is 3.49. The second-order valence-electron chi connectivity index (χ2n) is 13.8. The number of para-hydroxylation sites is 2. The van der Waals surface area contributed by atoms with Crippen LogP contribution in [0.25, 0.3) is 0 Å². The van der Waals surface area contributed by atoms with Gasteiger partial charge in [0.2, 0.25) is 23.6 Å². The largest absolute Gasteiger partial charge is 0.573 e. The molecule has 0 spiro atoms. The van der Waals surface area contributed by atoms with E-state index in [0.717, 1.165) is 39.4 Å². The van der Waals surface area contributed by atoms with Crippen LogP contribution in [0.5, 0.6) is 11.5 Å². The topological polar surface area (TPSA) is 116 Å². The van der Waals surface area contributed by atoms with E-state index in [4.69, 9.17) is 0 Å². The average molecular weight is 708 g/mol. The van der Waals surface area contributed by atoms with E-state index in [2.05, 4.69) is 10.1 Å². The molecule has 52 heavy (non-hydrogen) atoms. The van der Waals surface area contributed by atoms with Crippen LogP contribution in [0.3, 0.4) is 0 Å². The lowest BCUT2D eigenvalue weighted by molar-refractivity contribution is -0.274. The number of benzene rings is 4. The summed E-state index contributed by atoms with van der Waals surface area (Å²) in [5.74, 6) is -7.55. The van der Waals surface area contributed by atoms with Gasteiger partial charge in [0.1, 0.15) is 11.5 Å². The van der Waals surface area contributed by atoms with Crippen molar-refractivity contribution in [1.29, 1.82) is 0 Å². The number of hydrogen-bond donors (Lipinski definition) is 2. The van der Waals surface area contributed by atoms with E-state index in [1.165, 1.54) is 0 Å². The Labute approximate surface area is 296 Å². The Kier molecular flexibility index (Phi) is 7.74. The van der Waals surface area contributed by atoms with Gasteiger partial charge in [0.25, 0.3) is 0 Å². The summed E-state index contributed by atoms with van der Waals surface area (Å²) in [7, 11) is 0. The third kappa shape index (κ3) is 5.23. The Morgan fingerprint density at radius 2 is 1.40 bits per heavy atom. The number of anilines is 4. The molecule has 0 bridgehead atoms. The highest BCUT2D eigenvalue weighted by Gasteiger charge is 2.68. The molecule has 0 radical (unpaired) electrons. The van der Waals surface area contributed by atoms with E-state index in [1.54, 1.807) is 67.6 Å². The first kappa shape index (κ1) is 33.2. The van der Waals surface area contributed by atoms with Gasteiger partial charge in [-0.25, -0.2) is 4.90 Å². The van der Waals surface area contributed by atoms with Crippen molar-refractivity contribution in [2.75, 3.05) is 15.1 Å². The van der Waals surface area contributed by atoms with Crippen molar-refractivity contribution in [2.24, 2.45) is 29.1 Å². The van der Waals surface area contributed by atoms with Crippen molar-refractivity contribution in [3.05, 3.63) is 120 Å². The predicted molar refractivity (Wildman–Crippen MR) is 185 cm³/mol. The van der Waals surface area contributed by atoms with Crippen molar-refractivity contribution in [1.82, 2.24) is 0 Å². The number of amides is 4. The monoisotopic (exact) mass is 707 g/mol. The van der Waals surface area contributed by atoms with Crippen molar-refractivity contribution in [3.63, 3.8) is 0 Å². The zero-order valence-corrected chi connectivity index (χ0v) is 27.7. The van der Waals surface area contributed by atoms with E-state index in [1.807, 2.05) is 30.3 Å². The maximum Gasteiger partial charge on any atom is 0.573 e. The zero-order valence-electron chi connectivity index (χ0n) is 27.7. The normalized spacial score (nSPS) is 26.8. The summed E-state index contributed by atoms with van der Waals surface area (Å²) in [6, 6.07) is 27.7. The predicted octanol–water partition coefficient (Wildman–Crippen LogP) is 7.47. The number of ether oxygens (including phenoxy) is 1. The van der Waals surface area contributed by atoms with Crippen LogP contribution >= 0.6 is 0 Å². The summed E-state index contributed by atoms with van der Waals surface area (Å²) >= 11 is 0. The molecule has 1 saturated carbocycles. The molecule has 8 rings (SSSR count). The van der Waals surface area contributed by atoms with Gasteiger partial charge in [0.15, 0.2) is 0 Å². The fraction of sp³-hybridized carbons (Fsp3) is 0.250. The van der Waals surface area contributed by atoms with E-state index < -0.39 is 76.5 Å². The molecule has 264 valence electrons. The van der Waals surface area contributed by atoms with Crippen LogP contribution in [0.15, 0.2) is 115 Å². The number of fused-ring (bicyclic) bond motifs is 4. The van der Waals surface area contributed by atoms with E-state index >= 15 is 0 Å². The summed E-state index contributed by atoms with van der Waals surface area (Å²) in [6.45, 7) is 1.59. The minimum Gasteiger partial charge on any atom is -0.508 e. The number of imide groups is 2. The van der Waals surface area contributed by atoms with Gasteiger partial charge in [0.05, 0.1) is 34.5 Å². The van der Waals surface area contributed by atoms with Gasteiger partial charge >= 0.3 is 6.36 Å². The summed E-state index contributed by atoms with van der Waals surface area (Å²) in [4.78, 5) is 59.5. The molecule has 6 atom stereocenters. The first-order chi connectivity index (χ1) is 24.9. The highest BCUT2D eigenvalue weighted by atomic mass is 19.4. The second kappa shape index (κ2) is 12.1. The number of rotatable bonds is 6. The number of hydrogen-bond acceptors (Lipinski definition) is 7. The number of nitrogens with one attached hydrogen (secondary N) is 1. The molecule has 4 amide bonds. The summed E-state index contributed by atoms with van der Waals surface area (Å²) in [5.41, 5.74) is 1.20. The number of carbonyl (C=O) groups is 4. The fourth-order valence-electron chi connectivity index (χ4n) is 8.78. The Hall–Kier alpha value is -5.91. The zero-order chi connectivity index (χ0) is 36.5. The van der Waals surface area contributed by atoms with Gasteiger partial charge in [0, 0.05) is 22.9 Å². The maximum atomic E-state index is 14.5. The molecule has 0 aromatic heterocycles. The molecule has 6 unspecified atom stereocenters. The SMILES string of the molecule is CC12C(=O)N(c3ccccc3)C(=O)C1CC1C(=CCC3C(=O)N(c4ccc(Nc5ccccc5)cc4)C(=O)C31)C2c1cc(OC(F)(F)F)ccc1O. The van der Waals surface area contributed by atoms with Crippen LogP contribution < -0.4 is 19.9 Å². The minimum absolute atomic E-state index is 0.0419. The van der Waals surface area contributed by atoms with Gasteiger partial charge in [-0.2, -0.15) is 0 Å². The lowest BCUT2D eigenvalue weighted by atomic mass is 9.51. The summed E-state index contributed by atoms with van der Waals surface area (Å²) in [6.07, 6.45) is -3.11. The van der Waals surface area contributed by atoms with Crippen LogP contribution in [0.1, 0.15) is 31.2 Å². The van der Waals surface area contributed by atoms with Crippen LogP contribution in [-0.4, -0.2) is 35.1 Å². The first-order valence-corrected chi connectivity index (χ1v) is 16.9. The third-order valence-corrected chi connectivity index (χ3v) is 11.0. The Bertz CT molecular complexity index is 2140. The van der Waals surface area contributed by atoms with Crippen LogP contribution in [0, 0.1) is 29.1 Å². The highest BCUT2D eigenvalue weighted by Crippen LogP contribution is 2.64. The third-order valence-electron chi connectivity index (χ3n) is 11.0. The quantitative estimate of drug-likeness (QED) is 0.158. The molecule has 2 N–H and O–H groups in total. The van der Waals surface area contributed by atoms with Gasteiger partial charge in [-0.3, -0.25) is 24.1 Å². The Morgan fingerprint density at radius 3 is 2.08 bits per heavy atom. The minimum atomic E-state index is -5.04. The smallest absolute Gasteiger partial charge is 0.508 e.